The largest absolute Gasteiger partial charge is 0.472 e. The lowest BCUT2D eigenvalue weighted by molar-refractivity contribution is -0.315. The maximum absolute atomic E-state index is 13.8. The van der Waals surface area contributed by atoms with Crippen LogP contribution in [0.25, 0.3) is 0 Å². The van der Waals surface area contributed by atoms with E-state index in [0.29, 0.717) is 12.8 Å². The van der Waals surface area contributed by atoms with Gasteiger partial charge < -0.3 is 38.3 Å². The van der Waals surface area contributed by atoms with Gasteiger partial charge in [-0.05, 0) is 44.2 Å². The van der Waals surface area contributed by atoms with Crippen molar-refractivity contribution < 1.29 is 57.5 Å². The standard InChI is InChI=1S/C36H50O12/c1-10-17(2)27(40)31(42)46-30-28(41)29-33(7)22(32(5,6)48-26(39)15-23(33)44-18(3)37)14-24(45-19(4)38)35(29,9)36-25(47-36)13-21(34(30,36)8)20-11-12-43-16-20/h11-12,16-17,21-25,27-30,40-41H,10,13-15H2,1-9H3. The second-order valence-electron chi connectivity index (χ2n) is 16.0. The molecule has 5 aliphatic rings. The van der Waals surface area contributed by atoms with E-state index in [2.05, 4.69) is 0 Å². The van der Waals surface area contributed by atoms with Crippen molar-refractivity contribution in [2.45, 2.75) is 142 Å². The predicted octanol–water partition coefficient (Wildman–Crippen LogP) is 3.84. The van der Waals surface area contributed by atoms with Crippen LogP contribution >= 0.6 is 0 Å². The molecule has 0 amide bonds. The molecule has 266 valence electrons. The summed E-state index contributed by atoms with van der Waals surface area (Å²) in [5.74, 6) is -4.81. The zero-order valence-electron chi connectivity index (χ0n) is 29.3. The highest BCUT2D eigenvalue weighted by Crippen LogP contribution is 2.82. The molecule has 0 bridgehead atoms. The van der Waals surface area contributed by atoms with Crippen molar-refractivity contribution in [3.05, 3.63) is 24.2 Å². The molecule has 48 heavy (non-hydrogen) atoms. The van der Waals surface area contributed by atoms with Crippen LogP contribution in [0.1, 0.15) is 99.5 Å². The molecule has 3 saturated carbocycles. The summed E-state index contributed by atoms with van der Waals surface area (Å²) in [6.45, 7) is 15.5. The molecule has 6 rings (SSSR count). The van der Waals surface area contributed by atoms with Crippen LogP contribution in [-0.2, 0) is 42.9 Å². The first-order valence-electron chi connectivity index (χ1n) is 17.1. The number of hydrogen-bond donors (Lipinski definition) is 2. The zero-order chi connectivity index (χ0) is 35.4. The number of aliphatic hydroxyl groups excluding tert-OH is 2. The Bertz CT molecular complexity index is 1470. The van der Waals surface area contributed by atoms with Gasteiger partial charge in [-0.15, -0.1) is 0 Å². The van der Waals surface area contributed by atoms with Crippen LogP contribution in [0, 0.1) is 34.0 Å². The van der Waals surface area contributed by atoms with Crippen LogP contribution in [0.2, 0.25) is 0 Å². The predicted molar refractivity (Wildman–Crippen MR) is 167 cm³/mol. The highest BCUT2D eigenvalue weighted by atomic mass is 16.6. The van der Waals surface area contributed by atoms with Crippen molar-refractivity contribution in [3.8, 4) is 0 Å². The van der Waals surface area contributed by atoms with E-state index in [0.717, 1.165) is 5.56 Å². The van der Waals surface area contributed by atoms with E-state index in [1.807, 2.05) is 33.8 Å². The number of fused-ring (bicyclic) bond motifs is 3. The molecular formula is C36H50O12. The number of ether oxygens (including phenoxy) is 5. The van der Waals surface area contributed by atoms with Crippen LogP contribution in [0.3, 0.4) is 0 Å². The van der Waals surface area contributed by atoms with Crippen LogP contribution < -0.4 is 0 Å². The van der Waals surface area contributed by atoms with Crippen molar-refractivity contribution >= 4 is 23.9 Å². The highest BCUT2D eigenvalue weighted by Gasteiger charge is 2.92. The van der Waals surface area contributed by atoms with E-state index in [9.17, 15) is 29.4 Å². The summed E-state index contributed by atoms with van der Waals surface area (Å²) in [4.78, 5) is 52.6. The summed E-state index contributed by atoms with van der Waals surface area (Å²) in [6, 6.07) is 1.84. The van der Waals surface area contributed by atoms with Gasteiger partial charge in [0.1, 0.15) is 29.5 Å². The quantitative estimate of drug-likeness (QED) is 0.244. The fourth-order valence-electron chi connectivity index (χ4n) is 11.3. The second kappa shape index (κ2) is 11.3. The van der Waals surface area contributed by atoms with Gasteiger partial charge in [-0.25, -0.2) is 4.79 Å². The lowest BCUT2D eigenvalue weighted by Crippen LogP contribution is -2.79. The summed E-state index contributed by atoms with van der Waals surface area (Å²) in [6.07, 6.45) is -2.22. The number of furan rings is 1. The van der Waals surface area contributed by atoms with Gasteiger partial charge in [0.25, 0.3) is 0 Å². The Morgan fingerprint density at radius 3 is 2.23 bits per heavy atom. The third-order valence-electron chi connectivity index (χ3n) is 13.4. The van der Waals surface area contributed by atoms with Crippen LogP contribution in [0.5, 0.6) is 0 Å². The average Bonchev–Trinajstić information content (AvgIpc) is 3.37. The van der Waals surface area contributed by atoms with Crippen LogP contribution in [-0.4, -0.2) is 81.9 Å². The van der Waals surface area contributed by atoms with Crippen LogP contribution in [0.15, 0.2) is 23.0 Å². The minimum atomic E-state index is -1.45. The zero-order valence-corrected chi connectivity index (χ0v) is 29.3. The molecular weight excluding hydrogens is 624 g/mol. The van der Waals surface area contributed by atoms with Gasteiger partial charge in [0.2, 0.25) is 0 Å². The molecule has 3 aliphatic carbocycles. The monoisotopic (exact) mass is 674 g/mol. The van der Waals surface area contributed by atoms with Gasteiger partial charge >= 0.3 is 23.9 Å². The molecule has 2 N–H and O–H groups in total. The smallest absolute Gasteiger partial charge is 0.335 e. The van der Waals surface area contributed by atoms with Crippen molar-refractivity contribution in [1.29, 1.82) is 0 Å². The van der Waals surface area contributed by atoms with E-state index < -0.39 is 99.6 Å². The molecule has 2 saturated heterocycles. The number of carbonyl (C=O) groups excluding carboxylic acids is 4. The first kappa shape index (κ1) is 34.9. The van der Waals surface area contributed by atoms with Gasteiger partial charge in [-0.3, -0.25) is 14.4 Å². The fourth-order valence-corrected chi connectivity index (χ4v) is 11.3. The normalized spacial score (nSPS) is 45.1. The van der Waals surface area contributed by atoms with E-state index in [-0.39, 0.29) is 24.9 Å². The maximum atomic E-state index is 13.8. The number of esters is 4. The molecule has 1 aromatic rings. The molecule has 2 aliphatic heterocycles. The molecule has 0 radical (unpaired) electrons. The van der Waals surface area contributed by atoms with Gasteiger partial charge in [-0.1, -0.05) is 41.0 Å². The van der Waals surface area contributed by atoms with Crippen LogP contribution in [0.4, 0.5) is 0 Å². The minimum Gasteiger partial charge on any atom is -0.472 e. The lowest BCUT2D eigenvalue weighted by atomic mass is 9.36. The summed E-state index contributed by atoms with van der Waals surface area (Å²) in [5, 5.41) is 24.0. The van der Waals surface area contributed by atoms with Crippen molar-refractivity contribution in [3.63, 3.8) is 0 Å². The van der Waals surface area contributed by atoms with Gasteiger partial charge in [0.15, 0.2) is 6.10 Å². The maximum Gasteiger partial charge on any atom is 0.335 e. The molecule has 3 heterocycles. The number of rotatable bonds is 7. The molecule has 1 spiro atoms. The molecule has 14 atom stereocenters. The third kappa shape index (κ3) is 4.50. The summed E-state index contributed by atoms with van der Waals surface area (Å²) >= 11 is 0. The first-order chi connectivity index (χ1) is 22.3. The average molecular weight is 675 g/mol. The van der Waals surface area contributed by atoms with E-state index in [1.165, 1.54) is 13.8 Å². The summed E-state index contributed by atoms with van der Waals surface area (Å²) in [5.41, 5.74) is -4.87. The molecule has 12 nitrogen and oxygen atoms in total. The Morgan fingerprint density at radius 1 is 1.00 bits per heavy atom. The summed E-state index contributed by atoms with van der Waals surface area (Å²) < 4.78 is 36.8. The first-order valence-corrected chi connectivity index (χ1v) is 17.1. The lowest BCUT2D eigenvalue weighted by Gasteiger charge is -2.69. The number of hydrogen-bond acceptors (Lipinski definition) is 12. The van der Waals surface area contributed by atoms with E-state index >= 15 is 0 Å². The number of carbonyl (C=O) groups is 4. The number of epoxide rings is 1. The Morgan fingerprint density at radius 2 is 1.65 bits per heavy atom. The SMILES string of the molecule is CCC(C)C(O)C(=O)OC1C(O)C2C3(C)C(OC(C)=O)CC(=O)OC(C)(C)C3CC(OC(C)=O)C2(C)C23OC2CC(c2ccoc2)C13C. The summed E-state index contributed by atoms with van der Waals surface area (Å²) in [7, 11) is 0. The van der Waals surface area contributed by atoms with E-state index in [4.69, 9.17) is 28.1 Å². The van der Waals surface area contributed by atoms with E-state index in [1.54, 1.807) is 33.3 Å². The number of aliphatic hydroxyl groups is 2. The molecule has 0 aromatic carbocycles. The molecule has 1 aromatic heterocycles. The molecule has 14 unspecified atom stereocenters. The fraction of sp³-hybridized carbons (Fsp3) is 0.778. The van der Waals surface area contributed by atoms with Crippen molar-refractivity contribution in [2.24, 2.45) is 34.0 Å². The van der Waals surface area contributed by atoms with Crippen molar-refractivity contribution in [2.75, 3.05) is 0 Å². The molecule has 5 fully saturated rings. The topological polar surface area (TPSA) is 171 Å². The third-order valence-corrected chi connectivity index (χ3v) is 13.4. The van der Waals surface area contributed by atoms with Crippen molar-refractivity contribution in [1.82, 2.24) is 0 Å². The molecule has 12 heteroatoms. The van der Waals surface area contributed by atoms with Gasteiger partial charge in [0.05, 0.1) is 31.2 Å². The number of cyclic esters (lactones) is 1. The Hall–Kier alpha value is -2.96. The minimum absolute atomic E-state index is 0.218. The van der Waals surface area contributed by atoms with Gasteiger partial charge in [-0.2, -0.15) is 0 Å². The highest BCUT2D eigenvalue weighted by molar-refractivity contribution is 5.75. The Balaban J connectivity index is 1.62. The Kier molecular flexibility index (Phi) is 8.20. The second-order valence-corrected chi connectivity index (χ2v) is 16.0. The Labute approximate surface area is 281 Å². The van der Waals surface area contributed by atoms with Gasteiger partial charge in [0, 0.05) is 47.8 Å².